The summed E-state index contributed by atoms with van der Waals surface area (Å²) in [5.74, 6) is -0.431. The molecule has 7 heteroatoms. The van der Waals surface area contributed by atoms with Crippen molar-refractivity contribution in [3.05, 3.63) is 29.3 Å². The highest BCUT2D eigenvalue weighted by Gasteiger charge is 2.27. The Hall–Kier alpha value is -1.11. The Bertz CT molecular complexity index is 692. The number of benzene rings is 1. The van der Waals surface area contributed by atoms with Crippen LogP contribution in [0.4, 0.5) is 0 Å². The number of carbonyl (C=O) groups is 1. The minimum atomic E-state index is -3.44. The lowest BCUT2D eigenvalue weighted by Crippen LogP contribution is -2.53. The average Bonchev–Trinajstić information content (AvgIpc) is 3.06. The van der Waals surface area contributed by atoms with Crippen molar-refractivity contribution >= 4 is 28.2 Å². The normalized spacial score (nSPS) is 13.9. The van der Waals surface area contributed by atoms with Crippen molar-refractivity contribution in [3.8, 4) is 0 Å². The van der Waals surface area contributed by atoms with Crippen molar-refractivity contribution < 1.29 is 13.2 Å². The first-order valence-electron chi connectivity index (χ1n) is 8.71. The maximum Gasteiger partial charge on any atom is 0.221 e. The lowest BCUT2D eigenvalue weighted by molar-refractivity contribution is -0.122. The zero-order chi connectivity index (χ0) is 17.8. The summed E-state index contributed by atoms with van der Waals surface area (Å²) in [6, 6.07) is 5.35. The molecule has 0 aliphatic heterocycles. The second-order valence-electron chi connectivity index (χ2n) is 6.59. The highest BCUT2D eigenvalue weighted by atomic mass is 35.5. The van der Waals surface area contributed by atoms with Gasteiger partial charge in [0.1, 0.15) is 0 Å². The zero-order valence-electron chi connectivity index (χ0n) is 15.0. The minimum Gasteiger partial charge on any atom is -0.349 e. The molecule has 142 valence electrons. The molecule has 0 bridgehead atoms. The van der Waals surface area contributed by atoms with Crippen LogP contribution < -0.4 is 11.1 Å². The SMILES string of the molecule is CCC(CC)(CN)NC(=O)CCS(=O)(=O)c1ccc2c(c1)CCC2.Cl. The van der Waals surface area contributed by atoms with E-state index in [9.17, 15) is 13.2 Å². The van der Waals surface area contributed by atoms with E-state index in [4.69, 9.17) is 5.73 Å². The smallest absolute Gasteiger partial charge is 0.221 e. The summed E-state index contributed by atoms with van der Waals surface area (Å²) in [6.45, 7) is 4.29. The molecule has 0 radical (unpaired) electrons. The molecule has 0 fully saturated rings. The second kappa shape index (κ2) is 9.01. The molecule has 0 heterocycles. The van der Waals surface area contributed by atoms with Gasteiger partial charge in [0.25, 0.3) is 0 Å². The van der Waals surface area contributed by atoms with Crippen LogP contribution in [0.2, 0.25) is 0 Å². The first-order chi connectivity index (χ1) is 11.4. The highest BCUT2D eigenvalue weighted by molar-refractivity contribution is 7.91. The quantitative estimate of drug-likeness (QED) is 0.715. The molecule has 2 rings (SSSR count). The van der Waals surface area contributed by atoms with Crippen LogP contribution in [-0.2, 0) is 27.5 Å². The number of rotatable bonds is 8. The molecule has 1 aliphatic rings. The van der Waals surface area contributed by atoms with E-state index in [2.05, 4.69) is 5.32 Å². The number of hydrogen-bond acceptors (Lipinski definition) is 4. The van der Waals surface area contributed by atoms with Crippen LogP contribution in [0, 0.1) is 0 Å². The van der Waals surface area contributed by atoms with Crippen molar-refractivity contribution in [2.24, 2.45) is 5.73 Å². The molecule has 25 heavy (non-hydrogen) atoms. The van der Waals surface area contributed by atoms with Gasteiger partial charge in [0.15, 0.2) is 9.84 Å². The van der Waals surface area contributed by atoms with E-state index in [0.717, 1.165) is 37.7 Å². The van der Waals surface area contributed by atoms with Crippen LogP contribution in [-0.4, -0.2) is 32.2 Å². The fraction of sp³-hybridized carbons (Fsp3) is 0.611. The molecule has 1 aromatic rings. The highest BCUT2D eigenvalue weighted by Crippen LogP contribution is 2.25. The molecule has 1 amide bonds. The lowest BCUT2D eigenvalue weighted by atomic mass is 9.93. The summed E-state index contributed by atoms with van der Waals surface area (Å²) in [7, 11) is -3.44. The Balaban J connectivity index is 0.00000312. The van der Waals surface area contributed by atoms with Gasteiger partial charge in [-0.15, -0.1) is 12.4 Å². The van der Waals surface area contributed by atoms with Crippen molar-refractivity contribution in [3.63, 3.8) is 0 Å². The third-order valence-corrected chi connectivity index (χ3v) is 6.89. The van der Waals surface area contributed by atoms with Crippen LogP contribution in [0.5, 0.6) is 0 Å². The molecule has 0 saturated carbocycles. The predicted molar refractivity (Wildman–Crippen MR) is 103 cm³/mol. The van der Waals surface area contributed by atoms with Gasteiger partial charge in [-0.25, -0.2) is 8.42 Å². The molecule has 1 aliphatic carbocycles. The average molecular weight is 389 g/mol. The Morgan fingerprint density at radius 2 is 1.84 bits per heavy atom. The topological polar surface area (TPSA) is 89.3 Å². The number of sulfone groups is 1. The zero-order valence-corrected chi connectivity index (χ0v) is 16.6. The summed E-state index contributed by atoms with van der Waals surface area (Å²) < 4.78 is 25.0. The molecular weight excluding hydrogens is 360 g/mol. The van der Waals surface area contributed by atoms with Gasteiger partial charge in [-0.05, 0) is 55.4 Å². The van der Waals surface area contributed by atoms with Crippen LogP contribution >= 0.6 is 12.4 Å². The maximum atomic E-state index is 12.5. The molecule has 5 nitrogen and oxygen atoms in total. The van der Waals surface area contributed by atoms with Gasteiger partial charge >= 0.3 is 0 Å². The number of nitrogens with two attached hydrogens (primary N) is 1. The summed E-state index contributed by atoms with van der Waals surface area (Å²) in [4.78, 5) is 12.5. The second-order valence-corrected chi connectivity index (χ2v) is 8.70. The first-order valence-corrected chi connectivity index (χ1v) is 10.4. The number of nitrogens with one attached hydrogen (secondary N) is 1. The van der Waals surface area contributed by atoms with Gasteiger partial charge in [0.05, 0.1) is 16.2 Å². The van der Waals surface area contributed by atoms with E-state index >= 15 is 0 Å². The van der Waals surface area contributed by atoms with Crippen molar-refractivity contribution in [1.29, 1.82) is 0 Å². The van der Waals surface area contributed by atoms with Gasteiger partial charge in [-0.3, -0.25) is 4.79 Å². The van der Waals surface area contributed by atoms with E-state index in [1.165, 1.54) is 5.56 Å². The number of aryl methyl sites for hydroxylation is 2. The lowest BCUT2D eigenvalue weighted by Gasteiger charge is -2.31. The molecule has 3 N–H and O–H groups in total. The van der Waals surface area contributed by atoms with E-state index < -0.39 is 15.4 Å². The Labute approximate surface area is 157 Å². The summed E-state index contributed by atoms with van der Waals surface area (Å²) in [5, 5.41) is 2.92. The third-order valence-electron chi connectivity index (χ3n) is 5.18. The molecule has 0 unspecified atom stereocenters. The van der Waals surface area contributed by atoms with E-state index in [1.807, 2.05) is 19.9 Å². The first kappa shape index (κ1) is 21.9. The van der Waals surface area contributed by atoms with E-state index in [1.54, 1.807) is 12.1 Å². The molecule has 1 aromatic carbocycles. The van der Waals surface area contributed by atoms with Crippen LogP contribution in [0.3, 0.4) is 0 Å². The fourth-order valence-electron chi connectivity index (χ4n) is 3.21. The summed E-state index contributed by atoms with van der Waals surface area (Å²) in [5.41, 5.74) is 7.70. The third kappa shape index (κ3) is 5.19. The largest absolute Gasteiger partial charge is 0.349 e. The van der Waals surface area contributed by atoms with Crippen LogP contribution in [0.25, 0.3) is 0 Å². The number of halogens is 1. The Morgan fingerprint density at radius 1 is 1.20 bits per heavy atom. The van der Waals surface area contributed by atoms with Crippen molar-refractivity contribution in [2.75, 3.05) is 12.3 Å². The number of amides is 1. The fourth-order valence-corrected chi connectivity index (χ4v) is 4.50. The Morgan fingerprint density at radius 3 is 2.44 bits per heavy atom. The maximum absolute atomic E-state index is 12.5. The van der Waals surface area contributed by atoms with Crippen LogP contribution in [0.15, 0.2) is 23.1 Å². The van der Waals surface area contributed by atoms with Crippen LogP contribution in [0.1, 0.15) is 50.7 Å². The van der Waals surface area contributed by atoms with Gasteiger partial charge in [0, 0.05) is 13.0 Å². The molecular formula is C18H29ClN2O3S. The van der Waals surface area contributed by atoms with Gasteiger partial charge in [0.2, 0.25) is 5.91 Å². The number of carbonyl (C=O) groups excluding carboxylic acids is 1. The molecule has 0 spiro atoms. The van der Waals surface area contributed by atoms with Gasteiger partial charge in [-0.1, -0.05) is 19.9 Å². The number of hydrogen-bond donors (Lipinski definition) is 2. The molecule has 0 saturated heterocycles. The van der Waals surface area contributed by atoms with E-state index in [-0.39, 0.29) is 30.5 Å². The summed E-state index contributed by atoms with van der Waals surface area (Å²) in [6.07, 6.45) is 4.45. The van der Waals surface area contributed by atoms with Gasteiger partial charge in [-0.2, -0.15) is 0 Å². The molecule has 0 atom stereocenters. The minimum absolute atomic E-state index is 0. The molecule has 0 aromatic heterocycles. The summed E-state index contributed by atoms with van der Waals surface area (Å²) >= 11 is 0. The predicted octanol–water partition coefficient (Wildman–Crippen LogP) is 2.39. The van der Waals surface area contributed by atoms with Gasteiger partial charge < -0.3 is 11.1 Å². The monoisotopic (exact) mass is 388 g/mol. The standard InChI is InChI=1S/C18H28N2O3S.ClH/c1-3-18(4-2,13-19)20-17(21)10-11-24(22,23)16-9-8-14-6-5-7-15(14)12-16;/h8-9,12H,3-7,10-11,13,19H2,1-2H3,(H,20,21);1H. The number of fused-ring (bicyclic) bond motifs is 1. The van der Waals surface area contributed by atoms with E-state index in [0.29, 0.717) is 11.4 Å². The van der Waals surface area contributed by atoms with Crippen molar-refractivity contribution in [2.45, 2.75) is 62.8 Å². The Kier molecular flexibility index (Phi) is 7.90. The van der Waals surface area contributed by atoms with Crippen molar-refractivity contribution in [1.82, 2.24) is 5.32 Å².